The molecule has 0 radical (unpaired) electrons. The highest BCUT2D eigenvalue weighted by Crippen LogP contribution is 2.23. The van der Waals surface area contributed by atoms with E-state index in [0.29, 0.717) is 37.9 Å². The molecule has 0 rings (SSSR count). The monoisotopic (exact) mass is 946 g/mol. The first-order chi connectivity index (χ1) is 33.1. The summed E-state index contributed by atoms with van der Waals surface area (Å²) in [6.07, 6.45) is 64.0. The number of rotatable bonds is 58. The number of nitrogens with one attached hydrogen (secondary N) is 1. The van der Waals surface area contributed by atoms with Crippen molar-refractivity contribution in [3.63, 3.8) is 0 Å². The molecule has 5 nitrogen and oxygen atoms in total. The molecule has 0 bridgehead atoms. The summed E-state index contributed by atoms with van der Waals surface area (Å²) < 4.78 is 11.8. The molecule has 0 saturated heterocycles. The topological polar surface area (TPSA) is 64.6 Å². The minimum absolute atomic E-state index is 0.0217. The Kier molecular flexibility index (Phi) is 56.5. The fraction of sp³-hybridized carbons (Fsp3) is 0.968. The van der Waals surface area contributed by atoms with Crippen LogP contribution in [-0.4, -0.2) is 38.2 Å². The minimum atomic E-state index is 0.0217. The lowest BCUT2D eigenvalue weighted by molar-refractivity contribution is -0.146. The van der Waals surface area contributed by atoms with E-state index in [4.69, 9.17) is 9.47 Å². The van der Waals surface area contributed by atoms with Crippen molar-refractivity contribution in [1.29, 1.82) is 0 Å². The van der Waals surface area contributed by atoms with Crippen LogP contribution in [0.2, 0.25) is 0 Å². The third kappa shape index (κ3) is 54.1. The molecule has 0 aromatic rings. The summed E-state index contributed by atoms with van der Waals surface area (Å²) in [7, 11) is 0. The van der Waals surface area contributed by atoms with Gasteiger partial charge in [0.15, 0.2) is 0 Å². The van der Waals surface area contributed by atoms with Crippen LogP contribution in [0, 0.1) is 11.8 Å². The highest BCUT2D eigenvalue weighted by molar-refractivity contribution is 5.69. The zero-order chi connectivity index (χ0) is 48.6. The van der Waals surface area contributed by atoms with Gasteiger partial charge in [0, 0.05) is 12.8 Å². The molecule has 0 aromatic heterocycles. The van der Waals surface area contributed by atoms with Crippen molar-refractivity contribution in [2.24, 2.45) is 11.8 Å². The molecule has 0 aliphatic carbocycles. The predicted molar refractivity (Wildman–Crippen MR) is 295 cm³/mol. The van der Waals surface area contributed by atoms with Crippen molar-refractivity contribution in [3.05, 3.63) is 0 Å². The predicted octanol–water partition coefficient (Wildman–Crippen LogP) is 20.5. The summed E-state index contributed by atoms with van der Waals surface area (Å²) in [6, 6.07) is 0. The average molecular weight is 947 g/mol. The molecule has 1 N–H and O–H groups in total. The Balaban J connectivity index is 4.11. The van der Waals surface area contributed by atoms with Crippen molar-refractivity contribution in [1.82, 2.24) is 5.32 Å². The van der Waals surface area contributed by atoms with Gasteiger partial charge >= 0.3 is 11.9 Å². The van der Waals surface area contributed by atoms with Crippen LogP contribution in [0.4, 0.5) is 0 Å². The van der Waals surface area contributed by atoms with Gasteiger partial charge in [0.2, 0.25) is 0 Å². The van der Waals surface area contributed by atoms with Crippen LogP contribution in [0.3, 0.4) is 0 Å². The smallest absolute Gasteiger partial charge is 0.305 e. The van der Waals surface area contributed by atoms with Crippen LogP contribution in [-0.2, 0) is 19.1 Å². The van der Waals surface area contributed by atoms with E-state index in [0.717, 1.165) is 38.8 Å². The lowest BCUT2D eigenvalue weighted by Gasteiger charge is -2.17. The molecular formula is C62H123NO4. The van der Waals surface area contributed by atoms with Gasteiger partial charge in [-0.15, -0.1) is 0 Å². The van der Waals surface area contributed by atoms with Gasteiger partial charge < -0.3 is 14.8 Å². The molecular weight excluding hydrogens is 823 g/mol. The zero-order valence-electron chi connectivity index (χ0n) is 46.5. The fourth-order valence-electron chi connectivity index (χ4n) is 10.0. The second-order valence-electron chi connectivity index (χ2n) is 21.6. The van der Waals surface area contributed by atoms with Crippen LogP contribution >= 0.6 is 0 Å². The van der Waals surface area contributed by atoms with Crippen LogP contribution in [0.5, 0.6) is 0 Å². The minimum Gasteiger partial charge on any atom is -0.465 e. The molecule has 0 aliphatic heterocycles. The number of carbonyl (C=O) groups excluding carboxylic acids is 2. The summed E-state index contributed by atoms with van der Waals surface area (Å²) in [6.45, 7) is 12.6. The molecule has 0 unspecified atom stereocenters. The maximum Gasteiger partial charge on any atom is 0.305 e. The maximum atomic E-state index is 12.7. The highest BCUT2D eigenvalue weighted by Gasteiger charge is 2.14. The fourth-order valence-corrected chi connectivity index (χ4v) is 10.0. The maximum absolute atomic E-state index is 12.7. The van der Waals surface area contributed by atoms with E-state index in [1.807, 2.05) is 0 Å². The van der Waals surface area contributed by atoms with Gasteiger partial charge in [-0.05, 0) is 76.3 Å². The molecule has 0 atom stereocenters. The Hall–Kier alpha value is -1.10. The molecule has 0 aromatic carbocycles. The van der Waals surface area contributed by atoms with E-state index in [1.54, 1.807) is 0 Å². The summed E-state index contributed by atoms with van der Waals surface area (Å²) in [4.78, 5) is 25.4. The highest BCUT2D eigenvalue weighted by atomic mass is 16.5. The number of hydrogen-bond acceptors (Lipinski definition) is 5. The SMILES string of the molecule is CCCCCCCCCCCC(CCCCCCCCCCC)COC(=O)CCCCCCNCCCCCCC(=O)OCC(CCCCCCCCCCC)CCCCCCCCCCC. The Morgan fingerprint density at radius 2 is 0.493 bits per heavy atom. The van der Waals surface area contributed by atoms with E-state index in [9.17, 15) is 9.59 Å². The lowest BCUT2D eigenvalue weighted by Crippen LogP contribution is -2.17. The van der Waals surface area contributed by atoms with Crippen LogP contribution < -0.4 is 5.32 Å². The van der Waals surface area contributed by atoms with Gasteiger partial charge in [0.1, 0.15) is 0 Å². The zero-order valence-corrected chi connectivity index (χ0v) is 46.5. The number of ether oxygens (including phenoxy) is 2. The van der Waals surface area contributed by atoms with Crippen molar-refractivity contribution < 1.29 is 19.1 Å². The lowest BCUT2D eigenvalue weighted by atomic mass is 9.94. The molecule has 0 amide bonds. The van der Waals surface area contributed by atoms with Gasteiger partial charge in [-0.1, -0.05) is 285 Å². The molecule has 0 fully saturated rings. The quantitative estimate of drug-likeness (QED) is 0.0486. The third-order valence-corrected chi connectivity index (χ3v) is 14.8. The van der Waals surface area contributed by atoms with E-state index >= 15 is 0 Å². The van der Waals surface area contributed by atoms with Crippen LogP contribution in [0.15, 0.2) is 0 Å². The molecule has 0 saturated carbocycles. The first kappa shape index (κ1) is 65.9. The summed E-state index contributed by atoms with van der Waals surface area (Å²) in [5.41, 5.74) is 0. The molecule has 67 heavy (non-hydrogen) atoms. The van der Waals surface area contributed by atoms with E-state index in [-0.39, 0.29) is 11.9 Å². The number of hydrogen-bond donors (Lipinski definition) is 1. The van der Waals surface area contributed by atoms with Crippen molar-refractivity contribution in [2.45, 2.75) is 349 Å². The number of unbranched alkanes of at least 4 members (excludes halogenated alkanes) is 38. The first-order valence-electron chi connectivity index (χ1n) is 31.1. The van der Waals surface area contributed by atoms with E-state index < -0.39 is 0 Å². The Morgan fingerprint density at radius 1 is 0.284 bits per heavy atom. The Bertz CT molecular complexity index is 838. The number of esters is 2. The van der Waals surface area contributed by atoms with Crippen molar-refractivity contribution in [3.8, 4) is 0 Å². The molecule has 0 heterocycles. The standard InChI is InChI=1S/C62H123NO4/c1-5-9-13-17-21-25-29-33-41-49-59(50-42-34-30-26-22-18-14-10-6-2)57-66-61(64)53-45-37-39-47-55-63-56-48-40-38-46-54-62(65)67-58-60(51-43-35-31-27-23-19-15-11-7-3)52-44-36-32-28-24-20-16-12-8-4/h59-60,63H,5-58H2,1-4H3. The Morgan fingerprint density at radius 3 is 0.746 bits per heavy atom. The average Bonchev–Trinajstić information content (AvgIpc) is 3.33. The summed E-state index contributed by atoms with van der Waals surface area (Å²) in [5.74, 6) is 1.13. The molecule has 0 spiro atoms. The second-order valence-corrected chi connectivity index (χ2v) is 21.6. The van der Waals surface area contributed by atoms with Crippen molar-refractivity contribution in [2.75, 3.05) is 26.3 Å². The van der Waals surface area contributed by atoms with Gasteiger partial charge in [-0.25, -0.2) is 0 Å². The molecule has 5 heteroatoms. The normalized spacial score (nSPS) is 11.7. The largest absolute Gasteiger partial charge is 0.465 e. The van der Waals surface area contributed by atoms with Gasteiger partial charge in [0.25, 0.3) is 0 Å². The van der Waals surface area contributed by atoms with Gasteiger partial charge in [-0.3, -0.25) is 9.59 Å². The van der Waals surface area contributed by atoms with Gasteiger partial charge in [-0.2, -0.15) is 0 Å². The van der Waals surface area contributed by atoms with Gasteiger partial charge in [0.05, 0.1) is 13.2 Å². The molecule has 400 valence electrons. The number of carbonyl (C=O) groups is 2. The summed E-state index contributed by atoms with van der Waals surface area (Å²) >= 11 is 0. The van der Waals surface area contributed by atoms with E-state index in [2.05, 4.69) is 33.0 Å². The van der Waals surface area contributed by atoms with E-state index in [1.165, 1.54) is 283 Å². The van der Waals surface area contributed by atoms with Crippen molar-refractivity contribution >= 4 is 11.9 Å². The summed E-state index contributed by atoms with van der Waals surface area (Å²) in [5, 5.41) is 3.62. The first-order valence-corrected chi connectivity index (χ1v) is 31.1. The second kappa shape index (κ2) is 57.5. The Labute approximate surface area is 421 Å². The molecule has 0 aliphatic rings. The van der Waals surface area contributed by atoms with Crippen LogP contribution in [0.25, 0.3) is 0 Å². The third-order valence-electron chi connectivity index (χ3n) is 14.8. The van der Waals surface area contributed by atoms with Crippen LogP contribution in [0.1, 0.15) is 349 Å².